The summed E-state index contributed by atoms with van der Waals surface area (Å²) in [6.45, 7) is 0. The Hall–Kier alpha value is -0.600. The molecular weight excluding hydrogens is 183 g/mol. The van der Waals surface area contributed by atoms with Crippen LogP contribution in [0.3, 0.4) is 0 Å². The van der Waals surface area contributed by atoms with Crippen molar-refractivity contribution in [2.75, 3.05) is 0 Å². The van der Waals surface area contributed by atoms with Gasteiger partial charge in [-0.25, -0.2) is 4.39 Å². The third kappa shape index (κ3) is 1.03. The second-order valence-corrected chi connectivity index (χ2v) is 3.40. The van der Waals surface area contributed by atoms with Gasteiger partial charge < -0.3 is 0 Å². The largest absolute Gasteiger partial charge is 0.206 e. The summed E-state index contributed by atoms with van der Waals surface area (Å²) in [6.07, 6.45) is 0. The van der Waals surface area contributed by atoms with Crippen LogP contribution in [0.25, 0.3) is 10.1 Å². The van der Waals surface area contributed by atoms with Crippen LogP contribution in [0.5, 0.6) is 0 Å². The van der Waals surface area contributed by atoms with Crippen molar-refractivity contribution < 1.29 is 4.39 Å². The van der Waals surface area contributed by atoms with E-state index >= 15 is 0 Å². The monoisotopic (exact) mass is 185 g/mol. The molecule has 0 fully saturated rings. The van der Waals surface area contributed by atoms with Gasteiger partial charge in [-0.3, -0.25) is 0 Å². The summed E-state index contributed by atoms with van der Waals surface area (Å²) in [4.78, 5) is 0. The minimum Gasteiger partial charge on any atom is -0.206 e. The van der Waals surface area contributed by atoms with Crippen molar-refractivity contribution in [3.05, 3.63) is 34.4 Å². The van der Waals surface area contributed by atoms with Gasteiger partial charge in [0.15, 0.2) is 0 Å². The molecule has 1 radical (unpaired) electrons. The molecule has 0 spiro atoms. The maximum atomic E-state index is 13.0. The first-order valence-corrected chi connectivity index (χ1v) is 4.27. The van der Waals surface area contributed by atoms with Gasteiger partial charge in [-0.2, -0.15) is 0 Å². The van der Waals surface area contributed by atoms with Crippen LogP contribution in [0, 0.1) is 11.9 Å². The topological polar surface area (TPSA) is 0 Å². The normalized spacial score (nSPS) is 10.7. The molecule has 0 aliphatic rings. The van der Waals surface area contributed by atoms with E-state index in [9.17, 15) is 4.39 Å². The zero-order chi connectivity index (χ0) is 7.84. The van der Waals surface area contributed by atoms with E-state index in [0.717, 1.165) is 4.70 Å². The Kier molecular flexibility index (Phi) is 1.59. The molecule has 0 saturated carbocycles. The number of hydrogen-bond donors (Lipinski definition) is 0. The van der Waals surface area contributed by atoms with Crippen molar-refractivity contribution in [3.8, 4) is 0 Å². The summed E-state index contributed by atoms with van der Waals surface area (Å²) in [5.74, 6) is -0.273. The van der Waals surface area contributed by atoms with Crippen LogP contribution in [0.4, 0.5) is 4.39 Å². The highest BCUT2D eigenvalue weighted by molar-refractivity contribution is 7.17. The fourth-order valence-electron chi connectivity index (χ4n) is 0.940. The minimum atomic E-state index is -0.273. The van der Waals surface area contributed by atoms with E-state index in [4.69, 9.17) is 11.6 Å². The molecule has 0 aliphatic carbocycles. The highest BCUT2D eigenvalue weighted by Gasteiger charge is 2.05. The Labute approximate surface area is 72.2 Å². The lowest BCUT2D eigenvalue weighted by atomic mass is 10.2. The fraction of sp³-hybridized carbons (Fsp3) is 0. The molecule has 2 aromatic rings. The van der Waals surface area contributed by atoms with Gasteiger partial charge in [-0.1, -0.05) is 11.6 Å². The van der Waals surface area contributed by atoms with E-state index in [-0.39, 0.29) is 5.82 Å². The van der Waals surface area contributed by atoms with Gasteiger partial charge in [-0.15, -0.1) is 11.3 Å². The molecule has 0 aliphatic heterocycles. The average molecular weight is 186 g/mol. The number of benzene rings is 1. The lowest BCUT2D eigenvalue weighted by Gasteiger charge is -1.90. The van der Waals surface area contributed by atoms with Crippen LogP contribution in [0.1, 0.15) is 0 Å². The molecule has 0 amide bonds. The second-order valence-electron chi connectivity index (χ2n) is 2.11. The Morgan fingerprint density at radius 2 is 2.36 bits per heavy atom. The quantitative estimate of drug-likeness (QED) is 0.590. The molecule has 1 aromatic heterocycles. The smallest absolute Gasteiger partial charge is 0.133 e. The first-order chi connectivity index (χ1) is 5.29. The molecule has 0 bridgehead atoms. The van der Waals surface area contributed by atoms with Crippen LogP contribution in [-0.4, -0.2) is 0 Å². The summed E-state index contributed by atoms with van der Waals surface area (Å²) < 4.78 is 13.8. The van der Waals surface area contributed by atoms with Gasteiger partial charge in [0.05, 0.1) is 5.02 Å². The van der Waals surface area contributed by atoms with Gasteiger partial charge in [0.25, 0.3) is 0 Å². The zero-order valence-electron chi connectivity index (χ0n) is 5.40. The molecule has 1 aromatic carbocycles. The number of thiophene rings is 1. The van der Waals surface area contributed by atoms with Crippen molar-refractivity contribution in [1.29, 1.82) is 0 Å². The van der Waals surface area contributed by atoms with Gasteiger partial charge in [0.1, 0.15) is 5.82 Å². The first kappa shape index (κ1) is 7.07. The van der Waals surface area contributed by atoms with Crippen molar-refractivity contribution in [2.24, 2.45) is 0 Å². The summed E-state index contributed by atoms with van der Waals surface area (Å²) >= 11 is 7.13. The number of fused-ring (bicyclic) bond motifs is 1. The Bertz CT molecular complexity index is 394. The maximum Gasteiger partial charge on any atom is 0.133 e. The summed E-state index contributed by atoms with van der Waals surface area (Å²) in [5.41, 5.74) is 0. The molecule has 0 nitrogen and oxygen atoms in total. The molecular formula is C8H3ClFS. The first-order valence-electron chi connectivity index (χ1n) is 3.02. The standard InChI is InChI=1S/C8H3ClFS/c9-5-4-11-7-3-1-2-6(10)8(5)7/h1-2,4H. The molecule has 3 heteroatoms. The third-order valence-corrected chi connectivity index (χ3v) is 2.77. The maximum absolute atomic E-state index is 13.0. The van der Waals surface area contributed by atoms with E-state index in [2.05, 4.69) is 6.07 Å². The SMILES string of the molecule is Fc1cc[c]c2scc(Cl)c12. The summed E-state index contributed by atoms with van der Waals surface area (Å²) in [5, 5.41) is 2.67. The highest BCUT2D eigenvalue weighted by atomic mass is 35.5. The molecule has 0 N–H and O–H groups in total. The fourth-order valence-corrected chi connectivity index (χ4v) is 2.11. The molecule has 11 heavy (non-hydrogen) atoms. The van der Waals surface area contributed by atoms with E-state index in [0.29, 0.717) is 10.4 Å². The predicted octanol–water partition coefficient (Wildman–Crippen LogP) is 3.49. The van der Waals surface area contributed by atoms with Gasteiger partial charge in [0, 0.05) is 21.5 Å². The summed E-state index contributed by atoms with van der Waals surface area (Å²) in [6, 6.07) is 5.83. The lowest BCUT2D eigenvalue weighted by molar-refractivity contribution is 0.640. The average Bonchev–Trinajstić information content (AvgIpc) is 2.34. The Balaban J connectivity index is 2.96. The van der Waals surface area contributed by atoms with E-state index in [1.54, 1.807) is 11.4 Å². The van der Waals surface area contributed by atoms with Gasteiger partial charge >= 0.3 is 0 Å². The zero-order valence-corrected chi connectivity index (χ0v) is 6.97. The van der Waals surface area contributed by atoms with Crippen LogP contribution in [0.15, 0.2) is 17.5 Å². The van der Waals surface area contributed by atoms with Crippen LogP contribution in [-0.2, 0) is 0 Å². The minimum absolute atomic E-state index is 0.273. The van der Waals surface area contributed by atoms with E-state index < -0.39 is 0 Å². The second kappa shape index (κ2) is 2.47. The molecule has 0 saturated heterocycles. The van der Waals surface area contributed by atoms with E-state index in [1.807, 2.05) is 0 Å². The summed E-state index contributed by atoms with van der Waals surface area (Å²) in [7, 11) is 0. The number of rotatable bonds is 0. The van der Waals surface area contributed by atoms with Crippen LogP contribution < -0.4 is 0 Å². The predicted molar refractivity (Wildman–Crippen MR) is 45.6 cm³/mol. The molecule has 2 rings (SSSR count). The van der Waals surface area contributed by atoms with Crippen molar-refractivity contribution in [1.82, 2.24) is 0 Å². The molecule has 1 heterocycles. The molecule has 0 atom stereocenters. The van der Waals surface area contributed by atoms with Crippen LogP contribution >= 0.6 is 22.9 Å². The third-order valence-electron chi connectivity index (χ3n) is 1.43. The Morgan fingerprint density at radius 3 is 3.09 bits per heavy atom. The Morgan fingerprint density at radius 1 is 1.55 bits per heavy atom. The number of hydrogen-bond acceptors (Lipinski definition) is 1. The molecule has 55 valence electrons. The van der Waals surface area contributed by atoms with Crippen LogP contribution in [0.2, 0.25) is 5.02 Å². The number of halogens is 2. The lowest BCUT2D eigenvalue weighted by Crippen LogP contribution is -1.72. The van der Waals surface area contributed by atoms with Gasteiger partial charge in [-0.05, 0) is 12.1 Å². The molecule has 0 unspecified atom stereocenters. The van der Waals surface area contributed by atoms with Crippen molar-refractivity contribution in [2.45, 2.75) is 0 Å². The van der Waals surface area contributed by atoms with E-state index in [1.165, 1.54) is 17.4 Å². The highest BCUT2D eigenvalue weighted by Crippen LogP contribution is 2.31. The van der Waals surface area contributed by atoms with Crippen molar-refractivity contribution >= 4 is 33.0 Å². The van der Waals surface area contributed by atoms with Crippen molar-refractivity contribution in [3.63, 3.8) is 0 Å². The van der Waals surface area contributed by atoms with Gasteiger partial charge in [0.2, 0.25) is 0 Å².